The van der Waals surface area contributed by atoms with E-state index in [2.05, 4.69) is 53.5 Å². The van der Waals surface area contributed by atoms with Crippen LogP contribution in [-0.2, 0) is 11.2 Å². The smallest absolute Gasteiger partial charge is 0.228 e. The maximum absolute atomic E-state index is 5.85. The quantitative estimate of drug-likeness (QED) is 0.629. The molecule has 1 aromatic rings. The summed E-state index contributed by atoms with van der Waals surface area (Å²) in [5, 5.41) is 10.9. The van der Waals surface area contributed by atoms with E-state index in [0.717, 1.165) is 24.8 Å². The van der Waals surface area contributed by atoms with Gasteiger partial charge >= 0.3 is 0 Å². The van der Waals surface area contributed by atoms with E-state index in [9.17, 15) is 0 Å². The Kier molecular flexibility index (Phi) is 4.80. The molecule has 2 aliphatic rings. The lowest BCUT2D eigenvalue weighted by Crippen LogP contribution is -2.68. The molecular formula is C17H29N5O2. The Morgan fingerprint density at radius 2 is 2.21 bits per heavy atom. The minimum atomic E-state index is 0.136. The Balaban J connectivity index is 1.49. The molecule has 0 radical (unpaired) electrons. The van der Waals surface area contributed by atoms with Gasteiger partial charge in [-0.25, -0.2) is 0 Å². The van der Waals surface area contributed by atoms with Crippen LogP contribution in [0.3, 0.4) is 0 Å². The van der Waals surface area contributed by atoms with Crippen molar-refractivity contribution >= 4 is 5.96 Å². The monoisotopic (exact) mass is 335 g/mol. The predicted molar refractivity (Wildman–Crippen MR) is 92.0 cm³/mol. The number of guanidine groups is 1. The summed E-state index contributed by atoms with van der Waals surface area (Å²) in [5.74, 6) is 3.11. The highest BCUT2D eigenvalue weighted by Crippen LogP contribution is 2.52. The van der Waals surface area contributed by atoms with E-state index in [1.807, 2.05) is 0 Å². The highest BCUT2D eigenvalue weighted by Gasteiger charge is 2.59. The lowest BCUT2D eigenvalue weighted by Gasteiger charge is -2.54. The number of nitrogens with one attached hydrogen (secondary N) is 2. The normalized spacial score (nSPS) is 28.6. The summed E-state index contributed by atoms with van der Waals surface area (Å²) in [5.41, 5.74) is 0.136. The summed E-state index contributed by atoms with van der Waals surface area (Å²) in [6, 6.07) is 0.396. The summed E-state index contributed by atoms with van der Waals surface area (Å²) in [6.07, 6.45) is 2.19. The molecule has 134 valence electrons. The van der Waals surface area contributed by atoms with Crippen LogP contribution in [-0.4, -0.2) is 48.4 Å². The third kappa shape index (κ3) is 3.14. The number of hydrogen-bond donors (Lipinski definition) is 2. The minimum Gasteiger partial charge on any atom is -0.377 e. The van der Waals surface area contributed by atoms with E-state index >= 15 is 0 Å². The molecule has 1 aliphatic heterocycles. The van der Waals surface area contributed by atoms with E-state index < -0.39 is 0 Å². The molecule has 0 bridgehead atoms. The molecule has 7 nitrogen and oxygen atoms in total. The van der Waals surface area contributed by atoms with Gasteiger partial charge in [0.1, 0.15) is 0 Å². The van der Waals surface area contributed by atoms with Crippen LogP contribution in [0.25, 0.3) is 0 Å². The number of ether oxygens (including phenoxy) is 1. The third-order valence-electron chi connectivity index (χ3n) is 5.25. The van der Waals surface area contributed by atoms with Gasteiger partial charge in [0, 0.05) is 49.9 Å². The Hall–Kier alpha value is -1.63. The van der Waals surface area contributed by atoms with Crippen LogP contribution in [0, 0.1) is 11.3 Å². The van der Waals surface area contributed by atoms with E-state index in [1.54, 1.807) is 7.05 Å². The molecule has 0 aromatic carbocycles. The molecule has 2 N–H and O–H groups in total. The van der Waals surface area contributed by atoms with Crippen molar-refractivity contribution in [3.8, 4) is 0 Å². The summed E-state index contributed by atoms with van der Waals surface area (Å²) in [6.45, 7) is 10.2. The second-order valence-electron chi connectivity index (χ2n) is 7.64. The molecule has 1 aromatic heterocycles. The average Bonchev–Trinajstić information content (AvgIpc) is 3.18. The highest BCUT2D eigenvalue weighted by atomic mass is 16.5. The number of aliphatic imine (C=N–C) groups is 1. The van der Waals surface area contributed by atoms with Crippen LogP contribution in [0.15, 0.2) is 9.52 Å². The first-order chi connectivity index (χ1) is 11.4. The fraction of sp³-hybridized carbons (Fsp3) is 0.824. The van der Waals surface area contributed by atoms with Gasteiger partial charge in [0.15, 0.2) is 11.8 Å². The largest absolute Gasteiger partial charge is 0.377 e. The van der Waals surface area contributed by atoms with Crippen molar-refractivity contribution in [3.63, 3.8) is 0 Å². The van der Waals surface area contributed by atoms with Crippen LogP contribution in [0.4, 0.5) is 0 Å². The van der Waals surface area contributed by atoms with Gasteiger partial charge in [-0.15, -0.1) is 0 Å². The summed E-state index contributed by atoms with van der Waals surface area (Å²) in [4.78, 5) is 8.73. The molecule has 0 spiro atoms. The van der Waals surface area contributed by atoms with Gasteiger partial charge in [0.25, 0.3) is 0 Å². The number of fused-ring (bicyclic) bond motifs is 1. The molecule has 1 saturated heterocycles. The van der Waals surface area contributed by atoms with Crippen molar-refractivity contribution in [2.45, 2.75) is 58.6 Å². The van der Waals surface area contributed by atoms with Gasteiger partial charge < -0.3 is 19.9 Å². The number of nitrogens with zero attached hydrogens (tertiary/aromatic N) is 3. The summed E-state index contributed by atoms with van der Waals surface area (Å²) >= 11 is 0. The van der Waals surface area contributed by atoms with E-state index in [-0.39, 0.29) is 11.3 Å². The second-order valence-corrected chi connectivity index (χ2v) is 7.64. The van der Waals surface area contributed by atoms with Crippen LogP contribution < -0.4 is 10.6 Å². The van der Waals surface area contributed by atoms with E-state index in [1.165, 1.54) is 0 Å². The first-order valence-electron chi connectivity index (χ1n) is 8.84. The second kappa shape index (κ2) is 6.70. The van der Waals surface area contributed by atoms with E-state index in [0.29, 0.717) is 36.9 Å². The standard InChI is InChI=1S/C17H29N5O2/c1-10(2)15-20-12(24-22-15)6-8-19-16(18-5)21-13-11-7-9-23-14(11)17(13,3)4/h10-11,13-14H,6-9H2,1-5H3,(H2,18,19,21). The topological polar surface area (TPSA) is 84.6 Å². The van der Waals surface area contributed by atoms with Gasteiger partial charge in [0.05, 0.1) is 6.10 Å². The zero-order chi connectivity index (χ0) is 17.3. The maximum Gasteiger partial charge on any atom is 0.228 e. The van der Waals surface area contributed by atoms with Crippen molar-refractivity contribution in [3.05, 3.63) is 11.7 Å². The third-order valence-corrected chi connectivity index (χ3v) is 5.25. The van der Waals surface area contributed by atoms with Crippen LogP contribution in [0.1, 0.15) is 51.7 Å². The molecule has 0 amide bonds. The number of aromatic nitrogens is 2. The number of hydrogen-bond acceptors (Lipinski definition) is 5. The van der Waals surface area contributed by atoms with Crippen molar-refractivity contribution in [2.75, 3.05) is 20.2 Å². The van der Waals surface area contributed by atoms with Crippen molar-refractivity contribution in [2.24, 2.45) is 16.3 Å². The molecule has 3 unspecified atom stereocenters. The zero-order valence-electron chi connectivity index (χ0n) is 15.3. The summed E-state index contributed by atoms with van der Waals surface area (Å²) < 4.78 is 11.1. The highest BCUT2D eigenvalue weighted by molar-refractivity contribution is 5.80. The zero-order valence-corrected chi connectivity index (χ0v) is 15.3. The first-order valence-corrected chi connectivity index (χ1v) is 8.84. The molecule has 2 heterocycles. The van der Waals surface area contributed by atoms with Crippen LogP contribution >= 0.6 is 0 Å². The van der Waals surface area contributed by atoms with Gasteiger partial charge in [-0.05, 0) is 6.42 Å². The molecule has 24 heavy (non-hydrogen) atoms. The fourth-order valence-electron chi connectivity index (χ4n) is 3.85. The SMILES string of the molecule is CN=C(NCCc1nc(C(C)C)no1)NC1C2CCOC2C1(C)C. The Labute approximate surface area is 143 Å². The Morgan fingerprint density at radius 1 is 1.42 bits per heavy atom. The molecular weight excluding hydrogens is 306 g/mol. The molecule has 7 heteroatoms. The van der Waals surface area contributed by atoms with Crippen molar-refractivity contribution in [1.29, 1.82) is 0 Å². The van der Waals surface area contributed by atoms with Gasteiger partial charge in [0.2, 0.25) is 5.89 Å². The van der Waals surface area contributed by atoms with Gasteiger partial charge in [-0.3, -0.25) is 4.99 Å². The molecule has 1 saturated carbocycles. The van der Waals surface area contributed by atoms with Crippen LogP contribution in [0.2, 0.25) is 0 Å². The van der Waals surface area contributed by atoms with Crippen LogP contribution in [0.5, 0.6) is 0 Å². The van der Waals surface area contributed by atoms with Gasteiger partial charge in [-0.1, -0.05) is 32.9 Å². The fourth-order valence-corrected chi connectivity index (χ4v) is 3.85. The Bertz CT molecular complexity index is 596. The van der Waals surface area contributed by atoms with E-state index in [4.69, 9.17) is 9.26 Å². The lowest BCUT2D eigenvalue weighted by atomic mass is 9.57. The molecule has 1 aliphatic carbocycles. The lowest BCUT2D eigenvalue weighted by molar-refractivity contribution is -0.106. The molecule has 3 rings (SSSR count). The first kappa shape index (κ1) is 17.2. The van der Waals surface area contributed by atoms with Crippen molar-refractivity contribution < 1.29 is 9.26 Å². The number of rotatable bonds is 5. The molecule has 3 atom stereocenters. The average molecular weight is 335 g/mol. The van der Waals surface area contributed by atoms with Crippen molar-refractivity contribution in [1.82, 2.24) is 20.8 Å². The predicted octanol–water partition coefficient (Wildman–Crippen LogP) is 1.71. The Morgan fingerprint density at radius 3 is 2.88 bits per heavy atom. The minimum absolute atomic E-state index is 0.136. The van der Waals surface area contributed by atoms with Gasteiger partial charge in [-0.2, -0.15) is 4.98 Å². The summed E-state index contributed by atoms with van der Waals surface area (Å²) in [7, 11) is 1.80. The molecule has 2 fully saturated rings. The maximum atomic E-state index is 5.85.